The molecule has 5 rings (SSSR count). The van der Waals surface area contributed by atoms with Crippen LogP contribution in [0.15, 0.2) is 35.9 Å². The fourth-order valence-electron chi connectivity index (χ4n) is 9.62. The zero-order chi connectivity index (χ0) is 27.1. The summed E-state index contributed by atoms with van der Waals surface area (Å²) in [7, 11) is 0. The SMILES string of the molecule is Cc1ccc(OC(=O)O[C@@H]2CC[C@]3(C)C(=CC[C@H]4[C@H]5CC[C@H]([C@@H](C)CCCC(C)C)[C@]5(C)CC[C@H]43)C2)cc1. The van der Waals surface area contributed by atoms with Gasteiger partial charge in [0.1, 0.15) is 11.9 Å². The van der Waals surface area contributed by atoms with Crippen LogP contribution in [0.2, 0.25) is 0 Å². The van der Waals surface area contributed by atoms with Gasteiger partial charge in [-0.05, 0) is 110 Å². The molecule has 0 unspecified atom stereocenters. The Kier molecular flexibility index (Phi) is 8.05. The summed E-state index contributed by atoms with van der Waals surface area (Å²) < 4.78 is 11.3. The summed E-state index contributed by atoms with van der Waals surface area (Å²) in [6, 6.07) is 7.56. The Balaban J connectivity index is 1.21. The van der Waals surface area contributed by atoms with Gasteiger partial charge in [-0.1, -0.05) is 83.2 Å². The molecule has 3 fully saturated rings. The summed E-state index contributed by atoms with van der Waals surface area (Å²) in [5.41, 5.74) is 3.50. The molecule has 4 aliphatic carbocycles. The van der Waals surface area contributed by atoms with Crippen molar-refractivity contribution >= 4 is 6.16 Å². The molecule has 0 saturated heterocycles. The maximum absolute atomic E-state index is 12.5. The molecule has 1 aromatic rings. The zero-order valence-corrected chi connectivity index (χ0v) is 24.9. The standard InChI is InChI=1S/C35H52O3/c1-23(2)8-7-9-25(4)30-16-17-31-29-15-12-26-22-28(38-33(36)37-27-13-10-24(3)11-14-27)18-20-34(26,5)32(29)19-21-35(30,31)6/h10-14,23,25,28-32H,7-9,15-22H2,1-6H3/t25-,28+,29-,30+,31+,32+,34+,35-/m0/s1. The van der Waals surface area contributed by atoms with Gasteiger partial charge in [-0.2, -0.15) is 0 Å². The summed E-state index contributed by atoms with van der Waals surface area (Å²) in [6.45, 7) is 14.5. The molecular weight excluding hydrogens is 468 g/mol. The number of fused-ring (bicyclic) bond motifs is 5. The summed E-state index contributed by atoms with van der Waals surface area (Å²) in [5, 5.41) is 0. The summed E-state index contributed by atoms with van der Waals surface area (Å²) in [5.74, 6) is 5.64. The number of benzene rings is 1. The van der Waals surface area contributed by atoms with Gasteiger partial charge in [-0.25, -0.2) is 4.79 Å². The van der Waals surface area contributed by atoms with Gasteiger partial charge in [0.05, 0.1) is 0 Å². The molecule has 0 heterocycles. The molecule has 3 heteroatoms. The van der Waals surface area contributed by atoms with Crippen LogP contribution in [0, 0.1) is 53.3 Å². The molecule has 0 amide bonds. The quantitative estimate of drug-likeness (QED) is 0.204. The van der Waals surface area contributed by atoms with E-state index in [0.717, 1.165) is 60.3 Å². The molecule has 0 bridgehead atoms. The highest BCUT2D eigenvalue weighted by Crippen LogP contribution is 2.67. The maximum Gasteiger partial charge on any atom is 0.514 e. The molecule has 0 N–H and O–H groups in total. The van der Waals surface area contributed by atoms with Gasteiger partial charge >= 0.3 is 6.16 Å². The molecule has 210 valence electrons. The Morgan fingerprint density at radius 2 is 1.74 bits per heavy atom. The molecule has 0 aliphatic heterocycles. The first-order valence-corrected chi connectivity index (χ1v) is 15.7. The first-order valence-electron chi connectivity index (χ1n) is 15.7. The lowest BCUT2D eigenvalue weighted by Crippen LogP contribution is -2.51. The normalized spacial score (nSPS) is 37.0. The second-order valence-electron chi connectivity index (χ2n) is 14.4. The number of carbonyl (C=O) groups is 1. The van der Waals surface area contributed by atoms with Crippen molar-refractivity contribution in [3.8, 4) is 5.75 Å². The highest BCUT2D eigenvalue weighted by molar-refractivity contribution is 5.64. The van der Waals surface area contributed by atoms with E-state index < -0.39 is 6.16 Å². The summed E-state index contributed by atoms with van der Waals surface area (Å²) in [6.07, 6.45) is 16.0. The molecule has 0 spiro atoms. The molecule has 8 atom stereocenters. The summed E-state index contributed by atoms with van der Waals surface area (Å²) in [4.78, 5) is 12.5. The summed E-state index contributed by atoms with van der Waals surface area (Å²) >= 11 is 0. The Bertz CT molecular complexity index is 1010. The highest BCUT2D eigenvalue weighted by Gasteiger charge is 2.59. The number of carbonyl (C=O) groups excluding carboxylic acids is 1. The van der Waals surface area contributed by atoms with E-state index in [0.29, 0.717) is 11.2 Å². The van der Waals surface area contributed by atoms with Gasteiger partial charge in [-0.3, -0.25) is 0 Å². The third kappa shape index (κ3) is 5.33. The second kappa shape index (κ2) is 11.0. The van der Waals surface area contributed by atoms with Gasteiger partial charge in [0.25, 0.3) is 0 Å². The monoisotopic (exact) mass is 520 g/mol. The smallest absolute Gasteiger partial charge is 0.430 e. The first kappa shape index (κ1) is 27.8. The van der Waals surface area contributed by atoms with Crippen LogP contribution in [0.25, 0.3) is 0 Å². The molecule has 38 heavy (non-hydrogen) atoms. The van der Waals surface area contributed by atoms with E-state index in [1.54, 1.807) is 5.57 Å². The van der Waals surface area contributed by atoms with Crippen LogP contribution >= 0.6 is 0 Å². The minimum atomic E-state index is -0.565. The maximum atomic E-state index is 12.5. The minimum absolute atomic E-state index is 0.0692. The van der Waals surface area contributed by atoms with Crippen LogP contribution in [-0.4, -0.2) is 12.3 Å². The van der Waals surface area contributed by atoms with Gasteiger partial charge in [-0.15, -0.1) is 0 Å². The van der Waals surface area contributed by atoms with Gasteiger partial charge in [0.15, 0.2) is 0 Å². The van der Waals surface area contributed by atoms with Gasteiger partial charge in [0.2, 0.25) is 0 Å². The Labute approximate surface area is 232 Å². The van der Waals surface area contributed by atoms with Crippen LogP contribution in [0.4, 0.5) is 4.79 Å². The molecule has 3 nitrogen and oxygen atoms in total. The lowest BCUT2D eigenvalue weighted by Gasteiger charge is -2.58. The predicted molar refractivity (Wildman–Crippen MR) is 155 cm³/mol. The van der Waals surface area contributed by atoms with Crippen LogP contribution in [0.5, 0.6) is 5.75 Å². The van der Waals surface area contributed by atoms with Crippen LogP contribution in [0.3, 0.4) is 0 Å². The number of hydrogen-bond donors (Lipinski definition) is 0. The van der Waals surface area contributed by atoms with E-state index in [4.69, 9.17) is 9.47 Å². The molecule has 1 aromatic carbocycles. The largest absolute Gasteiger partial charge is 0.514 e. The molecule has 4 aliphatic rings. The van der Waals surface area contributed by atoms with E-state index >= 15 is 0 Å². The van der Waals surface area contributed by atoms with Crippen molar-refractivity contribution in [1.82, 2.24) is 0 Å². The third-order valence-electron chi connectivity index (χ3n) is 11.7. The average Bonchev–Trinajstić information content (AvgIpc) is 3.23. The first-order chi connectivity index (χ1) is 18.1. The van der Waals surface area contributed by atoms with Gasteiger partial charge < -0.3 is 9.47 Å². The van der Waals surface area contributed by atoms with Gasteiger partial charge in [0, 0.05) is 6.42 Å². The van der Waals surface area contributed by atoms with Crippen molar-refractivity contribution in [1.29, 1.82) is 0 Å². The molecule has 0 radical (unpaired) electrons. The Morgan fingerprint density at radius 1 is 0.974 bits per heavy atom. The number of hydrogen-bond acceptors (Lipinski definition) is 3. The van der Waals surface area contributed by atoms with E-state index in [1.165, 1.54) is 51.4 Å². The van der Waals surface area contributed by atoms with Crippen molar-refractivity contribution in [3.05, 3.63) is 41.5 Å². The van der Waals surface area contributed by atoms with Crippen LogP contribution in [0.1, 0.15) is 111 Å². The minimum Gasteiger partial charge on any atom is -0.430 e. The second-order valence-corrected chi connectivity index (χ2v) is 14.4. The number of aryl methyl sites for hydroxylation is 1. The zero-order valence-electron chi connectivity index (χ0n) is 24.9. The van der Waals surface area contributed by atoms with Crippen LogP contribution < -0.4 is 4.74 Å². The number of rotatable bonds is 7. The number of allylic oxidation sites excluding steroid dienone is 1. The van der Waals surface area contributed by atoms with Crippen molar-refractivity contribution in [2.45, 2.75) is 118 Å². The molecule has 0 aromatic heterocycles. The topological polar surface area (TPSA) is 35.5 Å². The van der Waals surface area contributed by atoms with Crippen molar-refractivity contribution < 1.29 is 14.3 Å². The van der Waals surface area contributed by atoms with Crippen molar-refractivity contribution in [3.63, 3.8) is 0 Å². The van der Waals surface area contributed by atoms with E-state index in [2.05, 4.69) is 40.7 Å². The highest BCUT2D eigenvalue weighted by atomic mass is 16.7. The van der Waals surface area contributed by atoms with E-state index in [-0.39, 0.29) is 11.5 Å². The fraction of sp³-hybridized carbons (Fsp3) is 0.743. The number of ether oxygens (including phenoxy) is 2. The molecule has 3 saturated carbocycles. The average molecular weight is 521 g/mol. The lowest BCUT2D eigenvalue weighted by molar-refractivity contribution is -0.0597. The van der Waals surface area contributed by atoms with E-state index in [1.807, 2.05) is 31.2 Å². The Hall–Kier alpha value is -1.77. The Morgan fingerprint density at radius 3 is 2.47 bits per heavy atom. The lowest BCUT2D eigenvalue weighted by atomic mass is 9.47. The third-order valence-corrected chi connectivity index (χ3v) is 11.7. The predicted octanol–water partition coefficient (Wildman–Crippen LogP) is 9.92. The van der Waals surface area contributed by atoms with E-state index in [9.17, 15) is 4.79 Å². The fourth-order valence-corrected chi connectivity index (χ4v) is 9.62. The molecular formula is C35H52O3. The van der Waals surface area contributed by atoms with Crippen LogP contribution in [-0.2, 0) is 4.74 Å². The van der Waals surface area contributed by atoms with Crippen molar-refractivity contribution in [2.75, 3.05) is 0 Å². The van der Waals surface area contributed by atoms with Crippen molar-refractivity contribution in [2.24, 2.45) is 46.3 Å².